The average Bonchev–Trinajstić information content (AvgIpc) is 2.70. The Morgan fingerprint density at radius 3 is 2.26 bits per heavy atom. The minimum absolute atomic E-state index is 0.0515. The van der Waals surface area contributed by atoms with E-state index in [1.165, 1.54) is 23.9 Å². The molecule has 1 amide bonds. The number of amides is 1. The highest BCUT2D eigenvalue weighted by Crippen LogP contribution is 2.14. The lowest BCUT2D eigenvalue weighted by Gasteiger charge is -2.34. The largest absolute Gasteiger partial charge is 0.478 e. The molecule has 2 N–H and O–H groups in total. The number of hydrogen-bond donors (Lipinski definition) is 2. The molecule has 7 heteroatoms. The van der Waals surface area contributed by atoms with E-state index >= 15 is 0 Å². The van der Waals surface area contributed by atoms with Crippen LogP contribution in [0, 0.1) is 0 Å². The molecule has 7 nitrogen and oxygen atoms in total. The van der Waals surface area contributed by atoms with E-state index in [0.29, 0.717) is 5.69 Å². The van der Waals surface area contributed by atoms with Crippen molar-refractivity contribution in [2.24, 2.45) is 0 Å². The highest BCUT2D eigenvalue weighted by molar-refractivity contribution is 6.03. The lowest BCUT2D eigenvalue weighted by Crippen LogP contribution is -2.45. The van der Waals surface area contributed by atoms with Crippen molar-refractivity contribution in [2.75, 3.05) is 38.0 Å². The van der Waals surface area contributed by atoms with Crippen molar-refractivity contribution in [2.45, 2.75) is 13.5 Å². The Hall–Kier alpha value is -2.77. The van der Waals surface area contributed by atoms with E-state index in [9.17, 15) is 9.59 Å². The molecule has 2 aromatic rings. The van der Waals surface area contributed by atoms with Gasteiger partial charge in [0.05, 0.1) is 5.56 Å². The van der Waals surface area contributed by atoms with Gasteiger partial charge in [0, 0.05) is 44.6 Å². The first-order valence-electron chi connectivity index (χ1n) is 9.09. The smallest absolute Gasteiger partial charge is 0.337 e. The molecule has 0 saturated carbocycles. The van der Waals surface area contributed by atoms with Gasteiger partial charge in [0.2, 0.25) is 0 Å². The van der Waals surface area contributed by atoms with Crippen LogP contribution in [0.4, 0.5) is 5.69 Å². The molecule has 0 spiro atoms. The number of aromatic carboxylic acids is 1. The van der Waals surface area contributed by atoms with Crippen LogP contribution < -0.4 is 5.32 Å². The number of anilines is 1. The van der Waals surface area contributed by atoms with Gasteiger partial charge < -0.3 is 15.3 Å². The summed E-state index contributed by atoms with van der Waals surface area (Å²) in [4.78, 5) is 31.8. The predicted molar refractivity (Wildman–Crippen MR) is 103 cm³/mol. The first kappa shape index (κ1) is 19.0. The molecular formula is C20H24N4O3. The first-order valence-corrected chi connectivity index (χ1v) is 9.09. The van der Waals surface area contributed by atoms with Crippen LogP contribution in [0.25, 0.3) is 0 Å². The third kappa shape index (κ3) is 5.12. The van der Waals surface area contributed by atoms with Crippen molar-refractivity contribution in [3.8, 4) is 0 Å². The molecule has 1 aromatic carbocycles. The lowest BCUT2D eigenvalue weighted by atomic mass is 10.1. The summed E-state index contributed by atoms with van der Waals surface area (Å²) < 4.78 is 0. The first-order chi connectivity index (χ1) is 13.0. The molecule has 27 heavy (non-hydrogen) atoms. The standard InChI is InChI=1S/C20H24N4O3/c1-2-23-9-11-24(12-10-23)14-15-3-6-17(7-4-15)22-19(25)18-8-5-16(13-21-18)20(26)27/h3-8,13H,2,9-12,14H2,1H3,(H,22,25)(H,26,27). The summed E-state index contributed by atoms with van der Waals surface area (Å²) in [6.45, 7) is 8.57. The van der Waals surface area contributed by atoms with Crippen molar-refractivity contribution in [1.82, 2.24) is 14.8 Å². The Bertz CT molecular complexity index is 782. The van der Waals surface area contributed by atoms with E-state index in [1.807, 2.05) is 24.3 Å². The Labute approximate surface area is 158 Å². The monoisotopic (exact) mass is 368 g/mol. The average molecular weight is 368 g/mol. The van der Waals surface area contributed by atoms with E-state index in [4.69, 9.17) is 5.11 Å². The molecule has 0 unspecified atom stereocenters. The van der Waals surface area contributed by atoms with Crippen LogP contribution in [0.15, 0.2) is 42.6 Å². The van der Waals surface area contributed by atoms with Crippen LogP contribution in [0.3, 0.4) is 0 Å². The van der Waals surface area contributed by atoms with Gasteiger partial charge in [-0.2, -0.15) is 0 Å². The van der Waals surface area contributed by atoms with Crippen LogP contribution in [-0.4, -0.2) is 64.5 Å². The zero-order valence-corrected chi connectivity index (χ0v) is 15.4. The highest BCUT2D eigenvalue weighted by Gasteiger charge is 2.15. The summed E-state index contributed by atoms with van der Waals surface area (Å²) in [5.41, 5.74) is 2.12. The van der Waals surface area contributed by atoms with Gasteiger partial charge in [-0.25, -0.2) is 4.79 Å². The topological polar surface area (TPSA) is 85.8 Å². The minimum atomic E-state index is -1.07. The van der Waals surface area contributed by atoms with Gasteiger partial charge in [-0.1, -0.05) is 19.1 Å². The maximum absolute atomic E-state index is 12.2. The van der Waals surface area contributed by atoms with Gasteiger partial charge in [-0.3, -0.25) is 14.7 Å². The second-order valence-electron chi connectivity index (χ2n) is 6.60. The maximum atomic E-state index is 12.2. The fourth-order valence-electron chi connectivity index (χ4n) is 3.07. The zero-order valence-electron chi connectivity index (χ0n) is 15.4. The normalized spacial score (nSPS) is 15.4. The van der Waals surface area contributed by atoms with E-state index in [1.54, 1.807) is 0 Å². The van der Waals surface area contributed by atoms with Gasteiger partial charge >= 0.3 is 5.97 Å². The third-order valence-electron chi connectivity index (χ3n) is 4.77. The number of rotatable bonds is 6. The number of likely N-dealkylation sites (N-methyl/N-ethyl adjacent to an activating group) is 1. The van der Waals surface area contributed by atoms with Gasteiger partial charge in [0.25, 0.3) is 5.91 Å². The van der Waals surface area contributed by atoms with E-state index in [2.05, 4.69) is 27.0 Å². The van der Waals surface area contributed by atoms with Crippen molar-refractivity contribution in [3.05, 3.63) is 59.4 Å². The van der Waals surface area contributed by atoms with Gasteiger partial charge in [-0.05, 0) is 36.4 Å². The number of nitrogens with one attached hydrogen (secondary N) is 1. The maximum Gasteiger partial charge on any atom is 0.337 e. The van der Waals surface area contributed by atoms with Crippen LogP contribution in [0.1, 0.15) is 33.3 Å². The lowest BCUT2D eigenvalue weighted by molar-refractivity contribution is 0.0695. The summed E-state index contributed by atoms with van der Waals surface area (Å²) in [5.74, 6) is -1.43. The molecule has 0 aliphatic carbocycles. The Kier molecular flexibility index (Phi) is 6.16. The van der Waals surface area contributed by atoms with Crippen molar-refractivity contribution in [3.63, 3.8) is 0 Å². The fraction of sp³-hybridized carbons (Fsp3) is 0.350. The Balaban J connectivity index is 1.54. The van der Waals surface area contributed by atoms with E-state index in [-0.39, 0.29) is 17.2 Å². The number of nitrogens with zero attached hydrogens (tertiary/aromatic N) is 3. The van der Waals surface area contributed by atoms with Crippen LogP contribution in [0.5, 0.6) is 0 Å². The molecule has 142 valence electrons. The number of carbonyl (C=O) groups excluding carboxylic acids is 1. The summed E-state index contributed by atoms with van der Waals surface area (Å²) in [5, 5.41) is 11.7. The molecule has 1 aliphatic rings. The second-order valence-corrected chi connectivity index (χ2v) is 6.60. The molecule has 3 rings (SSSR count). The number of piperazine rings is 1. The predicted octanol–water partition coefficient (Wildman–Crippen LogP) is 2.17. The van der Waals surface area contributed by atoms with E-state index < -0.39 is 5.97 Å². The van der Waals surface area contributed by atoms with Crippen molar-refractivity contribution < 1.29 is 14.7 Å². The Morgan fingerprint density at radius 2 is 1.70 bits per heavy atom. The summed E-state index contributed by atoms with van der Waals surface area (Å²) in [6.07, 6.45) is 1.18. The molecule has 0 bridgehead atoms. The molecule has 1 aliphatic heterocycles. The molecule has 0 atom stereocenters. The molecular weight excluding hydrogens is 344 g/mol. The number of carbonyl (C=O) groups is 2. The molecule has 1 aromatic heterocycles. The second kappa shape index (κ2) is 8.75. The molecule has 0 radical (unpaired) electrons. The summed E-state index contributed by atoms with van der Waals surface area (Å²) in [6, 6.07) is 10.6. The van der Waals surface area contributed by atoms with E-state index in [0.717, 1.165) is 39.3 Å². The number of pyridine rings is 1. The fourth-order valence-corrected chi connectivity index (χ4v) is 3.07. The summed E-state index contributed by atoms with van der Waals surface area (Å²) in [7, 11) is 0. The van der Waals surface area contributed by atoms with Crippen molar-refractivity contribution >= 4 is 17.6 Å². The molecule has 1 fully saturated rings. The van der Waals surface area contributed by atoms with Crippen LogP contribution in [0.2, 0.25) is 0 Å². The Morgan fingerprint density at radius 1 is 1.04 bits per heavy atom. The SMILES string of the molecule is CCN1CCN(Cc2ccc(NC(=O)c3ccc(C(=O)O)cn3)cc2)CC1. The van der Waals surface area contributed by atoms with Crippen LogP contribution >= 0.6 is 0 Å². The highest BCUT2D eigenvalue weighted by atomic mass is 16.4. The van der Waals surface area contributed by atoms with Gasteiger partial charge in [-0.15, -0.1) is 0 Å². The van der Waals surface area contributed by atoms with Gasteiger partial charge in [0.1, 0.15) is 5.69 Å². The summed E-state index contributed by atoms with van der Waals surface area (Å²) >= 11 is 0. The minimum Gasteiger partial charge on any atom is -0.478 e. The van der Waals surface area contributed by atoms with Gasteiger partial charge in [0.15, 0.2) is 0 Å². The van der Waals surface area contributed by atoms with Crippen LogP contribution in [-0.2, 0) is 6.54 Å². The van der Waals surface area contributed by atoms with Crippen molar-refractivity contribution in [1.29, 1.82) is 0 Å². The number of hydrogen-bond acceptors (Lipinski definition) is 5. The number of carboxylic acid groups (broad SMARTS) is 1. The number of aromatic nitrogens is 1. The quantitative estimate of drug-likeness (QED) is 0.813. The third-order valence-corrected chi connectivity index (χ3v) is 4.77. The molecule has 1 saturated heterocycles. The number of carboxylic acids is 1. The molecule has 2 heterocycles. The number of benzene rings is 1. The zero-order chi connectivity index (χ0) is 19.2.